The quantitative estimate of drug-likeness (QED) is 0.547. The van der Waals surface area contributed by atoms with Crippen molar-refractivity contribution in [3.63, 3.8) is 0 Å². The molecule has 3 fully saturated rings. The van der Waals surface area contributed by atoms with Gasteiger partial charge >= 0.3 is 0 Å². The summed E-state index contributed by atoms with van der Waals surface area (Å²) >= 11 is 5.53. The van der Waals surface area contributed by atoms with E-state index in [9.17, 15) is 15.0 Å². The highest BCUT2D eigenvalue weighted by Crippen LogP contribution is 2.37. The number of amides is 1. The number of thiocarbonyl (C=S) groups is 1. The van der Waals surface area contributed by atoms with Crippen LogP contribution in [0.5, 0.6) is 0 Å². The van der Waals surface area contributed by atoms with E-state index in [1.807, 2.05) is 48.2 Å². The number of hydrogen-bond donors (Lipinski definition) is 4. The van der Waals surface area contributed by atoms with E-state index in [0.29, 0.717) is 5.11 Å². The Morgan fingerprint density at radius 3 is 2.52 bits per heavy atom. The minimum atomic E-state index is -0.969. The molecule has 0 aromatic heterocycles. The van der Waals surface area contributed by atoms with Gasteiger partial charge in [-0.05, 0) is 55.7 Å². The second-order valence-corrected chi connectivity index (χ2v) is 8.32. The molecule has 2 aliphatic carbocycles. The lowest BCUT2D eigenvalue weighted by molar-refractivity contribution is -0.131. The summed E-state index contributed by atoms with van der Waals surface area (Å²) in [6, 6.07) is 7.37. The number of rotatable bonds is 4. The van der Waals surface area contributed by atoms with Crippen molar-refractivity contribution in [2.45, 2.75) is 49.6 Å². The van der Waals surface area contributed by atoms with Gasteiger partial charge in [0.2, 0.25) is 5.91 Å². The first kappa shape index (κ1) is 18.5. The van der Waals surface area contributed by atoms with Crippen LogP contribution in [0.25, 0.3) is 0 Å². The summed E-state index contributed by atoms with van der Waals surface area (Å²) in [5, 5.41) is 27.5. The number of carbonyl (C=O) groups is 1. The summed E-state index contributed by atoms with van der Waals surface area (Å²) in [5.74, 6) is -0.518. The molecule has 3 aliphatic rings. The Morgan fingerprint density at radius 1 is 1.26 bits per heavy atom. The van der Waals surface area contributed by atoms with E-state index in [1.165, 1.54) is 0 Å². The Labute approximate surface area is 164 Å². The molecule has 1 aromatic rings. The fourth-order valence-corrected chi connectivity index (χ4v) is 4.45. The van der Waals surface area contributed by atoms with Gasteiger partial charge in [0.15, 0.2) is 5.11 Å². The molecule has 1 heterocycles. The first-order valence-electron chi connectivity index (χ1n) is 9.40. The van der Waals surface area contributed by atoms with Crippen LogP contribution < -0.4 is 20.4 Å². The molecule has 27 heavy (non-hydrogen) atoms. The molecular formula is C19H26N4O3S. The average Bonchev–Trinajstić information content (AvgIpc) is 3.38. The SMILES string of the molecule is CN(C)c1ccc(N2C(=S)N[C@H]3[C@@H](O)[C@H](O)C[C@@H](C(=O)NC4CC4)[C@@H]32)cc1. The summed E-state index contributed by atoms with van der Waals surface area (Å²) in [5.41, 5.74) is 1.94. The van der Waals surface area contributed by atoms with E-state index in [1.54, 1.807) is 0 Å². The van der Waals surface area contributed by atoms with Gasteiger partial charge in [-0.25, -0.2) is 0 Å². The predicted molar refractivity (Wildman–Crippen MR) is 108 cm³/mol. The lowest BCUT2D eigenvalue weighted by Crippen LogP contribution is -2.61. The van der Waals surface area contributed by atoms with Crippen LogP contribution in [0.15, 0.2) is 24.3 Å². The van der Waals surface area contributed by atoms with Crippen molar-refractivity contribution < 1.29 is 15.0 Å². The Bertz CT molecular complexity index is 737. The molecule has 1 amide bonds. The van der Waals surface area contributed by atoms with Crippen molar-refractivity contribution in [1.29, 1.82) is 0 Å². The molecule has 1 aliphatic heterocycles. The maximum Gasteiger partial charge on any atom is 0.225 e. The third kappa shape index (κ3) is 3.37. The van der Waals surface area contributed by atoms with Gasteiger partial charge in [0.1, 0.15) is 6.10 Å². The molecule has 146 valence electrons. The summed E-state index contributed by atoms with van der Waals surface area (Å²) < 4.78 is 0. The first-order valence-corrected chi connectivity index (χ1v) is 9.81. The molecule has 0 unspecified atom stereocenters. The molecule has 0 radical (unpaired) electrons. The van der Waals surface area contributed by atoms with E-state index in [4.69, 9.17) is 12.2 Å². The Hall–Kier alpha value is -1.90. The second-order valence-electron chi connectivity index (χ2n) is 7.93. The maximum absolute atomic E-state index is 12.9. The van der Waals surface area contributed by atoms with E-state index >= 15 is 0 Å². The molecule has 1 aromatic carbocycles. The zero-order chi connectivity index (χ0) is 19.3. The van der Waals surface area contributed by atoms with Gasteiger partial charge < -0.3 is 30.6 Å². The van der Waals surface area contributed by atoms with Crippen LogP contribution in [-0.2, 0) is 4.79 Å². The number of nitrogens with one attached hydrogen (secondary N) is 2. The van der Waals surface area contributed by atoms with E-state index < -0.39 is 24.2 Å². The van der Waals surface area contributed by atoms with Crippen LogP contribution in [0, 0.1) is 5.92 Å². The molecule has 5 atom stereocenters. The molecule has 1 saturated heterocycles. The molecule has 0 spiro atoms. The maximum atomic E-state index is 12.9. The summed E-state index contributed by atoms with van der Waals surface area (Å²) in [6.07, 6.45) is 0.308. The van der Waals surface area contributed by atoms with Gasteiger partial charge in [0.25, 0.3) is 0 Å². The standard InChI is InChI=1S/C19H26N4O3S/c1-22(2)11-5-7-12(8-6-11)23-16-13(18(26)20-10-3-4-10)9-14(24)17(25)15(16)21-19(23)27/h5-8,10,13-17,24-25H,3-4,9H2,1-2H3,(H,20,26)(H,21,27)/t13-,14-,15-,16+,17+/m1/s1. The predicted octanol–water partition coefficient (Wildman–Crippen LogP) is 0.205. The smallest absolute Gasteiger partial charge is 0.225 e. The van der Waals surface area contributed by atoms with Crippen LogP contribution in [0.1, 0.15) is 19.3 Å². The van der Waals surface area contributed by atoms with Gasteiger partial charge in [0.05, 0.1) is 24.1 Å². The van der Waals surface area contributed by atoms with Crippen LogP contribution in [0.4, 0.5) is 11.4 Å². The van der Waals surface area contributed by atoms with Crippen molar-refractivity contribution in [3.05, 3.63) is 24.3 Å². The van der Waals surface area contributed by atoms with Crippen molar-refractivity contribution >= 4 is 34.6 Å². The number of nitrogens with zero attached hydrogens (tertiary/aromatic N) is 2. The highest BCUT2D eigenvalue weighted by molar-refractivity contribution is 7.80. The molecule has 2 saturated carbocycles. The van der Waals surface area contributed by atoms with Gasteiger partial charge in [-0.1, -0.05) is 0 Å². The van der Waals surface area contributed by atoms with Crippen molar-refractivity contribution in [1.82, 2.24) is 10.6 Å². The Balaban J connectivity index is 1.65. The fraction of sp³-hybridized carbons (Fsp3) is 0.579. The van der Waals surface area contributed by atoms with Crippen LogP contribution in [0.3, 0.4) is 0 Å². The monoisotopic (exact) mass is 390 g/mol. The van der Waals surface area contributed by atoms with Crippen LogP contribution in [-0.4, -0.2) is 65.7 Å². The third-order valence-corrected chi connectivity index (χ3v) is 6.06. The summed E-state index contributed by atoms with van der Waals surface area (Å²) in [7, 11) is 3.95. The van der Waals surface area contributed by atoms with Crippen molar-refractivity contribution in [2.75, 3.05) is 23.9 Å². The van der Waals surface area contributed by atoms with Gasteiger partial charge in [-0.15, -0.1) is 0 Å². The van der Waals surface area contributed by atoms with E-state index in [2.05, 4.69) is 10.6 Å². The van der Waals surface area contributed by atoms with Crippen LogP contribution >= 0.6 is 12.2 Å². The largest absolute Gasteiger partial charge is 0.390 e. The molecular weight excluding hydrogens is 364 g/mol. The Morgan fingerprint density at radius 2 is 1.93 bits per heavy atom. The molecule has 8 heteroatoms. The van der Waals surface area contributed by atoms with E-state index in [-0.39, 0.29) is 24.4 Å². The van der Waals surface area contributed by atoms with Crippen molar-refractivity contribution in [2.24, 2.45) is 5.92 Å². The number of fused-ring (bicyclic) bond motifs is 1. The van der Waals surface area contributed by atoms with Crippen LogP contribution in [0.2, 0.25) is 0 Å². The average molecular weight is 391 g/mol. The third-order valence-electron chi connectivity index (χ3n) is 5.75. The lowest BCUT2D eigenvalue weighted by Gasteiger charge is -2.41. The topological polar surface area (TPSA) is 88.1 Å². The highest BCUT2D eigenvalue weighted by Gasteiger charge is 2.54. The van der Waals surface area contributed by atoms with E-state index in [0.717, 1.165) is 24.2 Å². The van der Waals surface area contributed by atoms with Gasteiger partial charge in [-0.3, -0.25) is 4.79 Å². The lowest BCUT2D eigenvalue weighted by atomic mass is 9.77. The van der Waals surface area contributed by atoms with Gasteiger partial charge in [0, 0.05) is 31.5 Å². The number of anilines is 2. The minimum Gasteiger partial charge on any atom is -0.390 e. The number of aliphatic hydroxyl groups is 2. The molecule has 4 N–H and O–H groups in total. The minimum absolute atomic E-state index is 0.0696. The van der Waals surface area contributed by atoms with Gasteiger partial charge in [-0.2, -0.15) is 0 Å². The molecule has 7 nitrogen and oxygen atoms in total. The zero-order valence-corrected chi connectivity index (χ0v) is 16.3. The number of carbonyl (C=O) groups excluding carboxylic acids is 1. The first-order chi connectivity index (χ1) is 12.9. The number of hydrogen-bond acceptors (Lipinski definition) is 5. The number of aliphatic hydroxyl groups excluding tert-OH is 2. The Kier molecular flexibility index (Phi) is 4.73. The highest BCUT2D eigenvalue weighted by atomic mass is 32.1. The van der Waals surface area contributed by atoms with Crippen molar-refractivity contribution in [3.8, 4) is 0 Å². The summed E-state index contributed by atoms with van der Waals surface area (Å²) in [6.45, 7) is 0. The fourth-order valence-electron chi connectivity index (χ4n) is 4.09. The number of benzene rings is 1. The zero-order valence-electron chi connectivity index (χ0n) is 15.5. The summed E-state index contributed by atoms with van der Waals surface area (Å²) in [4.78, 5) is 16.8. The molecule has 4 rings (SSSR count). The second kappa shape index (κ2) is 6.92. The molecule has 0 bridgehead atoms. The normalized spacial score (nSPS) is 32.7.